The minimum Gasteiger partial charge on any atom is -0.346 e. The molecule has 1 fully saturated rings. The predicted octanol–water partition coefficient (Wildman–Crippen LogP) is 4.60. The number of halogens is 1. The Balaban J connectivity index is 2.12. The van der Waals surface area contributed by atoms with E-state index in [9.17, 15) is 10.1 Å². The molecular weight excluding hydrogens is 322 g/mol. The summed E-state index contributed by atoms with van der Waals surface area (Å²) >= 11 is 11.6. The number of nitro benzene ring substituents is 1. The lowest BCUT2D eigenvalue weighted by Gasteiger charge is -2.35. The molecule has 0 aliphatic heterocycles. The van der Waals surface area contributed by atoms with Gasteiger partial charge < -0.3 is 10.2 Å². The van der Waals surface area contributed by atoms with E-state index < -0.39 is 4.92 Å². The van der Waals surface area contributed by atoms with E-state index in [1.807, 2.05) is 0 Å². The van der Waals surface area contributed by atoms with Gasteiger partial charge in [-0.25, -0.2) is 0 Å². The second kappa shape index (κ2) is 7.74. The third-order valence-electron chi connectivity index (χ3n) is 4.02. The summed E-state index contributed by atoms with van der Waals surface area (Å²) < 4.78 is 0. The summed E-state index contributed by atoms with van der Waals surface area (Å²) in [6, 6.07) is 4.76. The summed E-state index contributed by atoms with van der Waals surface area (Å²) in [4.78, 5) is 12.6. The first-order valence-electron chi connectivity index (χ1n) is 7.54. The van der Waals surface area contributed by atoms with Crippen molar-refractivity contribution in [3.8, 4) is 0 Å². The Labute approximate surface area is 140 Å². The molecule has 7 heteroatoms. The second-order valence-electron chi connectivity index (χ2n) is 5.43. The van der Waals surface area contributed by atoms with Crippen LogP contribution in [0.3, 0.4) is 0 Å². The van der Waals surface area contributed by atoms with E-state index in [-0.39, 0.29) is 5.69 Å². The van der Waals surface area contributed by atoms with Crippen molar-refractivity contribution in [3.63, 3.8) is 0 Å². The first kappa shape index (κ1) is 17.0. The molecule has 0 spiro atoms. The van der Waals surface area contributed by atoms with Gasteiger partial charge in [-0.3, -0.25) is 10.1 Å². The topological polar surface area (TPSA) is 58.4 Å². The Hall–Kier alpha value is -1.40. The van der Waals surface area contributed by atoms with Crippen LogP contribution in [0.15, 0.2) is 18.2 Å². The van der Waals surface area contributed by atoms with Crippen LogP contribution < -0.4 is 5.32 Å². The van der Waals surface area contributed by atoms with Gasteiger partial charge in [0.1, 0.15) is 0 Å². The molecule has 2 rings (SSSR count). The quantitative estimate of drug-likeness (QED) is 0.492. The number of nitrogens with zero attached hydrogens (tertiary/aromatic N) is 2. The average Bonchev–Trinajstić information content (AvgIpc) is 2.51. The van der Waals surface area contributed by atoms with Crippen molar-refractivity contribution < 1.29 is 4.92 Å². The van der Waals surface area contributed by atoms with Crippen LogP contribution >= 0.6 is 23.8 Å². The highest BCUT2D eigenvalue weighted by Gasteiger charge is 2.22. The van der Waals surface area contributed by atoms with Gasteiger partial charge in [-0.05, 0) is 38.0 Å². The van der Waals surface area contributed by atoms with Gasteiger partial charge >= 0.3 is 0 Å². The molecule has 1 aromatic rings. The monoisotopic (exact) mass is 341 g/mol. The van der Waals surface area contributed by atoms with Gasteiger partial charge in [0.05, 0.1) is 15.6 Å². The van der Waals surface area contributed by atoms with Crippen LogP contribution in [0.25, 0.3) is 0 Å². The predicted molar refractivity (Wildman–Crippen MR) is 93.6 cm³/mol. The van der Waals surface area contributed by atoms with Crippen molar-refractivity contribution >= 4 is 40.3 Å². The lowest BCUT2D eigenvalue weighted by atomic mass is 9.94. The van der Waals surface area contributed by atoms with E-state index in [1.54, 1.807) is 0 Å². The summed E-state index contributed by atoms with van der Waals surface area (Å²) in [5.41, 5.74) is 0.477. The number of benzene rings is 1. The fourth-order valence-electron chi connectivity index (χ4n) is 2.87. The molecule has 0 amide bonds. The normalized spacial score (nSPS) is 15.4. The maximum Gasteiger partial charge on any atom is 0.271 e. The van der Waals surface area contributed by atoms with Gasteiger partial charge in [0.25, 0.3) is 5.69 Å². The van der Waals surface area contributed by atoms with Crippen LogP contribution in [0, 0.1) is 10.1 Å². The molecule has 120 valence electrons. The molecule has 5 nitrogen and oxygen atoms in total. The molecule has 22 heavy (non-hydrogen) atoms. The molecule has 1 saturated carbocycles. The Bertz CT molecular complexity index is 562. The van der Waals surface area contributed by atoms with Gasteiger partial charge in [0, 0.05) is 24.7 Å². The molecule has 0 heterocycles. The summed E-state index contributed by atoms with van der Waals surface area (Å²) in [5, 5.41) is 15.0. The zero-order valence-corrected chi connectivity index (χ0v) is 14.1. The molecule has 0 bridgehead atoms. The highest BCUT2D eigenvalue weighted by atomic mass is 35.5. The third-order valence-corrected chi connectivity index (χ3v) is 4.69. The van der Waals surface area contributed by atoms with E-state index in [0.717, 1.165) is 19.4 Å². The lowest BCUT2D eigenvalue weighted by molar-refractivity contribution is -0.384. The van der Waals surface area contributed by atoms with Crippen LogP contribution in [0.4, 0.5) is 11.4 Å². The molecule has 1 aliphatic carbocycles. The molecule has 1 N–H and O–H groups in total. The Morgan fingerprint density at radius 2 is 2.14 bits per heavy atom. The minimum atomic E-state index is -0.441. The number of non-ortho nitro benzene ring substituents is 1. The fourth-order valence-corrected chi connectivity index (χ4v) is 3.42. The molecule has 0 unspecified atom stereocenters. The van der Waals surface area contributed by atoms with Crippen molar-refractivity contribution in [1.82, 2.24) is 4.90 Å². The number of rotatable bonds is 4. The van der Waals surface area contributed by atoms with E-state index in [2.05, 4.69) is 17.1 Å². The van der Waals surface area contributed by atoms with Crippen molar-refractivity contribution in [2.75, 3.05) is 11.9 Å². The fraction of sp³-hybridized carbons (Fsp3) is 0.533. The van der Waals surface area contributed by atoms with E-state index in [1.165, 1.54) is 37.5 Å². The molecule has 1 aromatic carbocycles. The summed E-state index contributed by atoms with van der Waals surface area (Å²) in [6.07, 6.45) is 6.00. The first-order valence-corrected chi connectivity index (χ1v) is 8.33. The number of thiocarbonyl (C=S) groups is 1. The molecular formula is C15H20ClN3O2S. The molecule has 0 radical (unpaired) electrons. The van der Waals surface area contributed by atoms with Gasteiger partial charge in [-0.15, -0.1) is 0 Å². The van der Waals surface area contributed by atoms with Crippen LogP contribution in [-0.2, 0) is 0 Å². The van der Waals surface area contributed by atoms with E-state index >= 15 is 0 Å². The summed E-state index contributed by atoms with van der Waals surface area (Å²) in [7, 11) is 0. The number of nitro groups is 1. The van der Waals surface area contributed by atoms with Crippen molar-refractivity contribution in [1.29, 1.82) is 0 Å². The minimum absolute atomic E-state index is 0.00425. The zero-order chi connectivity index (χ0) is 16.1. The number of nitrogens with one attached hydrogen (secondary N) is 1. The lowest BCUT2D eigenvalue weighted by Crippen LogP contribution is -2.43. The molecule has 0 saturated heterocycles. The SMILES string of the molecule is CCN(C(=S)Nc1cc([N+](=O)[O-])ccc1Cl)C1CCCCC1. The van der Waals surface area contributed by atoms with Crippen LogP contribution in [0.2, 0.25) is 5.02 Å². The summed E-state index contributed by atoms with van der Waals surface area (Å²) in [6.45, 7) is 2.88. The van der Waals surface area contributed by atoms with E-state index in [4.69, 9.17) is 23.8 Å². The molecule has 1 aliphatic rings. The van der Waals surface area contributed by atoms with Gasteiger partial charge in [-0.1, -0.05) is 30.9 Å². The van der Waals surface area contributed by atoms with Crippen molar-refractivity contribution in [2.24, 2.45) is 0 Å². The Morgan fingerprint density at radius 3 is 2.73 bits per heavy atom. The number of hydrogen-bond donors (Lipinski definition) is 1. The summed E-state index contributed by atoms with van der Waals surface area (Å²) in [5.74, 6) is 0. The Kier molecular flexibility index (Phi) is 5.97. The average molecular weight is 342 g/mol. The van der Waals surface area contributed by atoms with Gasteiger partial charge in [0.15, 0.2) is 5.11 Å². The molecule has 0 atom stereocenters. The van der Waals surface area contributed by atoms with Crippen molar-refractivity contribution in [2.45, 2.75) is 45.1 Å². The third kappa shape index (κ3) is 4.08. The smallest absolute Gasteiger partial charge is 0.271 e. The zero-order valence-electron chi connectivity index (χ0n) is 12.5. The van der Waals surface area contributed by atoms with Crippen molar-refractivity contribution in [3.05, 3.63) is 33.3 Å². The van der Waals surface area contributed by atoms with Crippen LogP contribution in [0.5, 0.6) is 0 Å². The first-order chi connectivity index (χ1) is 10.5. The van der Waals surface area contributed by atoms with Crippen LogP contribution in [-0.4, -0.2) is 27.5 Å². The van der Waals surface area contributed by atoms with E-state index in [0.29, 0.717) is 21.9 Å². The maximum atomic E-state index is 10.9. The maximum absolute atomic E-state index is 10.9. The second-order valence-corrected chi connectivity index (χ2v) is 6.22. The number of anilines is 1. The molecule has 0 aromatic heterocycles. The largest absolute Gasteiger partial charge is 0.346 e. The highest BCUT2D eigenvalue weighted by molar-refractivity contribution is 7.80. The number of hydrogen-bond acceptors (Lipinski definition) is 3. The Morgan fingerprint density at radius 1 is 1.45 bits per heavy atom. The van der Waals surface area contributed by atoms with Gasteiger partial charge in [-0.2, -0.15) is 0 Å². The highest BCUT2D eigenvalue weighted by Crippen LogP contribution is 2.28. The van der Waals surface area contributed by atoms with Crippen LogP contribution in [0.1, 0.15) is 39.0 Å². The standard InChI is InChI=1S/C15H20ClN3O2S/c1-2-18(11-6-4-3-5-7-11)15(22)17-14-10-12(19(20)21)8-9-13(14)16/h8-11H,2-7H2,1H3,(H,17,22). The van der Waals surface area contributed by atoms with Gasteiger partial charge in [0.2, 0.25) is 0 Å².